The zero-order valence-corrected chi connectivity index (χ0v) is 10.1. The average Bonchev–Trinajstić information content (AvgIpc) is 2.78. The van der Waals surface area contributed by atoms with Gasteiger partial charge in [-0.15, -0.1) is 11.3 Å². The van der Waals surface area contributed by atoms with Crippen LogP contribution in [0.2, 0.25) is 0 Å². The van der Waals surface area contributed by atoms with Crippen LogP contribution in [0.25, 0.3) is 10.2 Å². The van der Waals surface area contributed by atoms with Crippen molar-refractivity contribution < 1.29 is 4.74 Å². The summed E-state index contributed by atoms with van der Waals surface area (Å²) in [5, 5.41) is 9.91. The summed E-state index contributed by atoms with van der Waals surface area (Å²) in [6.07, 6.45) is 1.18. The minimum Gasteiger partial charge on any atom is -0.370 e. The number of aryl methyl sites for hydroxylation is 1. The van der Waals surface area contributed by atoms with Gasteiger partial charge in [-0.05, 0) is 24.9 Å². The largest absolute Gasteiger partial charge is 0.370 e. The van der Waals surface area contributed by atoms with Gasteiger partial charge in [0.1, 0.15) is 11.6 Å². The number of aromatic nitrogens is 2. The number of nitrogens with zero attached hydrogens (tertiary/aromatic N) is 2. The van der Waals surface area contributed by atoms with Crippen molar-refractivity contribution in [1.82, 2.24) is 15.1 Å². The van der Waals surface area contributed by atoms with Crippen molar-refractivity contribution in [1.29, 1.82) is 0 Å². The number of rotatable bonds is 2. The first-order valence-corrected chi connectivity index (χ1v) is 6.48. The van der Waals surface area contributed by atoms with Gasteiger partial charge in [0.05, 0.1) is 10.4 Å². The molecule has 0 saturated carbocycles. The van der Waals surface area contributed by atoms with Crippen molar-refractivity contribution in [3.05, 3.63) is 17.1 Å². The number of ether oxygens (including phenoxy) is 1. The number of hydrogen-bond donors (Lipinski definition) is 1. The highest BCUT2D eigenvalue weighted by Crippen LogP contribution is 2.32. The quantitative estimate of drug-likeness (QED) is 0.865. The zero-order chi connectivity index (χ0) is 11.0. The monoisotopic (exact) mass is 237 g/mol. The molecule has 1 N–H and O–H groups in total. The molecule has 0 radical (unpaired) electrons. The Balaban J connectivity index is 2.11. The fraction of sp³-hybridized carbons (Fsp3) is 0.545. The Hall–Kier alpha value is -0.910. The maximum Gasteiger partial charge on any atom is 0.113 e. The van der Waals surface area contributed by atoms with Crippen LogP contribution >= 0.6 is 11.3 Å². The van der Waals surface area contributed by atoms with E-state index >= 15 is 0 Å². The van der Waals surface area contributed by atoms with Crippen LogP contribution in [0.5, 0.6) is 0 Å². The maximum absolute atomic E-state index is 5.89. The summed E-state index contributed by atoms with van der Waals surface area (Å²) in [5.41, 5.74) is 2.35. The van der Waals surface area contributed by atoms with E-state index in [0.717, 1.165) is 31.6 Å². The predicted octanol–water partition coefficient (Wildman–Crippen LogP) is 1.78. The molecule has 5 heteroatoms. The molecule has 0 bridgehead atoms. The van der Waals surface area contributed by atoms with Gasteiger partial charge < -0.3 is 10.1 Å². The van der Waals surface area contributed by atoms with Crippen molar-refractivity contribution >= 4 is 21.6 Å². The van der Waals surface area contributed by atoms with Gasteiger partial charge in [0.15, 0.2) is 0 Å². The third kappa shape index (κ3) is 1.55. The molecule has 0 aromatic carbocycles. The van der Waals surface area contributed by atoms with E-state index in [0.29, 0.717) is 0 Å². The average molecular weight is 237 g/mol. The number of thiophene rings is 1. The fourth-order valence-electron chi connectivity index (χ4n) is 2.22. The minimum absolute atomic E-state index is 0.135. The molecule has 1 aliphatic heterocycles. The third-order valence-electron chi connectivity index (χ3n) is 2.91. The molecule has 16 heavy (non-hydrogen) atoms. The first-order chi connectivity index (χ1) is 7.90. The second-order valence-corrected chi connectivity index (χ2v) is 4.93. The lowest BCUT2D eigenvalue weighted by Crippen LogP contribution is -2.20. The smallest absolute Gasteiger partial charge is 0.113 e. The first kappa shape index (κ1) is 10.3. The molecule has 86 valence electrons. The zero-order valence-electron chi connectivity index (χ0n) is 9.27. The lowest BCUT2D eigenvalue weighted by Gasteiger charge is -2.15. The molecule has 0 fully saturated rings. The van der Waals surface area contributed by atoms with Crippen LogP contribution in [0.15, 0.2) is 11.4 Å². The van der Waals surface area contributed by atoms with Gasteiger partial charge in [-0.1, -0.05) is 0 Å². The molecule has 1 atom stereocenters. The van der Waals surface area contributed by atoms with Gasteiger partial charge >= 0.3 is 0 Å². The second kappa shape index (κ2) is 4.16. The van der Waals surface area contributed by atoms with Crippen LogP contribution in [0.1, 0.15) is 18.2 Å². The van der Waals surface area contributed by atoms with E-state index in [2.05, 4.69) is 26.5 Å². The molecule has 4 nitrogen and oxygen atoms in total. The standard InChI is InChI=1S/C11H15N3OS/c1-12-7-9-10-11-8(3-6-16-11)13-14(10)4-2-5-15-9/h3,6,9,12H,2,4-5,7H2,1H3/t9-/m0/s1. The normalized spacial score (nSPS) is 20.9. The highest BCUT2D eigenvalue weighted by Gasteiger charge is 2.24. The van der Waals surface area contributed by atoms with Gasteiger partial charge in [-0.25, -0.2) is 0 Å². The molecule has 3 heterocycles. The summed E-state index contributed by atoms with van der Waals surface area (Å²) in [4.78, 5) is 0. The van der Waals surface area contributed by atoms with Gasteiger partial charge in [-0.3, -0.25) is 4.68 Å². The number of likely N-dealkylation sites (N-methyl/N-ethyl adjacent to an activating group) is 1. The summed E-state index contributed by atoms with van der Waals surface area (Å²) < 4.78 is 9.29. The van der Waals surface area contributed by atoms with Crippen LogP contribution < -0.4 is 5.32 Å². The summed E-state index contributed by atoms with van der Waals surface area (Å²) in [5.74, 6) is 0. The van der Waals surface area contributed by atoms with E-state index in [-0.39, 0.29) is 6.10 Å². The van der Waals surface area contributed by atoms with E-state index in [1.807, 2.05) is 7.05 Å². The van der Waals surface area contributed by atoms with E-state index < -0.39 is 0 Å². The van der Waals surface area contributed by atoms with E-state index in [1.165, 1.54) is 10.4 Å². The highest BCUT2D eigenvalue weighted by molar-refractivity contribution is 7.17. The Labute approximate surface area is 98.2 Å². The maximum atomic E-state index is 5.89. The summed E-state index contributed by atoms with van der Waals surface area (Å²) in [6.45, 7) is 2.64. The first-order valence-electron chi connectivity index (χ1n) is 5.60. The molecule has 0 unspecified atom stereocenters. The van der Waals surface area contributed by atoms with Crippen molar-refractivity contribution in [3.8, 4) is 0 Å². The minimum atomic E-state index is 0.135. The van der Waals surface area contributed by atoms with E-state index in [9.17, 15) is 0 Å². The highest BCUT2D eigenvalue weighted by atomic mass is 32.1. The van der Waals surface area contributed by atoms with E-state index in [4.69, 9.17) is 4.74 Å². The van der Waals surface area contributed by atoms with Crippen LogP contribution in [0.3, 0.4) is 0 Å². The Kier molecular flexibility index (Phi) is 2.67. The van der Waals surface area contributed by atoms with Crippen LogP contribution in [-0.2, 0) is 11.3 Å². The molecule has 3 rings (SSSR count). The molecule has 1 aliphatic rings. The van der Waals surface area contributed by atoms with Crippen molar-refractivity contribution in [3.63, 3.8) is 0 Å². The molecule has 0 spiro atoms. The number of fused-ring (bicyclic) bond motifs is 3. The lowest BCUT2D eigenvalue weighted by molar-refractivity contribution is 0.0582. The van der Waals surface area contributed by atoms with Crippen molar-refractivity contribution in [2.24, 2.45) is 0 Å². The fourth-order valence-corrected chi connectivity index (χ4v) is 3.14. The predicted molar refractivity (Wildman–Crippen MR) is 64.8 cm³/mol. The second-order valence-electron chi connectivity index (χ2n) is 4.01. The van der Waals surface area contributed by atoms with Gasteiger partial charge in [0.2, 0.25) is 0 Å². The Morgan fingerprint density at radius 2 is 2.62 bits per heavy atom. The Morgan fingerprint density at radius 3 is 3.50 bits per heavy atom. The molecular weight excluding hydrogens is 222 g/mol. The third-order valence-corrected chi connectivity index (χ3v) is 3.84. The van der Waals surface area contributed by atoms with Crippen LogP contribution in [0, 0.1) is 0 Å². The Bertz CT molecular complexity index is 490. The van der Waals surface area contributed by atoms with Gasteiger partial charge in [0, 0.05) is 19.7 Å². The van der Waals surface area contributed by atoms with Crippen LogP contribution in [-0.4, -0.2) is 30.0 Å². The molecular formula is C11H15N3OS. The number of nitrogens with one attached hydrogen (secondary N) is 1. The van der Waals surface area contributed by atoms with Crippen LogP contribution in [0.4, 0.5) is 0 Å². The van der Waals surface area contributed by atoms with E-state index in [1.54, 1.807) is 11.3 Å². The molecule has 0 amide bonds. The number of hydrogen-bond acceptors (Lipinski definition) is 4. The van der Waals surface area contributed by atoms with Crippen molar-refractivity contribution in [2.75, 3.05) is 20.2 Å². The topological polar surface area (TPSA) is 39.1 Å². The SMILES string of the molecule is CNC[C@@H]1OCCCn2nc3ccsc3c21. The lowest BCUT2D eigenvalue weighted by atomic mass is 10.2. The summed E-state index contributed by atoms with van der Waals surface area (Å²) >= 11 is 1.76. The van der Waals surface area contributed by atoms with Gasteiger partial charge in [-0.2, -0.15) is 5.10 Å². The van der Waals surface area contributed by atoms with Gasteiger partial charge in [0.25, 0.3) is 0 Å². The van der Waals surface area contributed by atoms with Crippen molar-refractivity contribution in [2.45, 2.75) is 19.1 Å². The molecule has 0 saturated heterocycles. The molecule has 2 aromatic heterocycles. The summed E-state index contributed by atoms with van der Waals surface area (Å²) in [6, 6.07) is 2.08. The molecule has 0 aliphatic carbocycles. The molecule has 2 aromatic rings. The summed E-state index contributed by atoms with van der Waals surface area (Å²) in [7, 11) is 1.96. The Morgan fingerprint density at radius 1 is 1.69 bits per heavy atom.